The van der Waals surface area contributed by atoms with E-state index in [0.29, 0.717) is 30.9 Å². The molecule has 1 amide bonds. The van der Waals surface area contributed by atoms with Crippen LogP contribution in [0.5, 0.6) is 0 Å². The molecule has 3 heterocycles. The Hall–Kier alpha value is -3.10. The fourth-order valence-corrected chi connectivity index (χ4v) is 4.83. The normalized spacial score (nSPS) is 20.4. The van der Waals surface area contributed by atoms with E-state index in [1.54, 1.807) is 12.4 Å². The van der Waals surface area contributed by atoms with Crippen molar-refractivity contribution in [1.82, 2.24) is 24.8 Å². The number of aryl methyl sites for hydroxylation is 1. The van der Waals surface area contributed by atoms with Crippen LogP contribution in [0, 0.1) is 5.41 Å². The summed E-state index contributed by atoms with van der Waals surface area (Å²) in [4.78, 5) is 27.5. The molecule has 3 N–H and O–H groups in total. The summed E-state index contributed by atoms with van der Waals surface area (Å²) in [5.74, 6) is 1.87. The number of fused-ring (bicyclic) bond motifs is 3. The molecule has 1 atom stereocenters. The number of carbonyl (C=O) groups excluding carboxylic acids is 1. The zero-order valence-corrected chi connectivity index (χ0v) is 19.3. The van der Waals surface area contributed by atoms with Gasteiger partial charge in [0.2, 0.25) is 5.91 Å². The van der Waals surface area contributed by atoms with Gasteiger partial charge in [-0.05, 0) is 45.6 Å². The van der Waals surface area contributed by atoms with Gasteiger partial charge in [-0.15, -0.1) is 0 Å². The van der Waals surface area contributed by atoms with Crippen LogP contribution in [0.15, 0.2) is 18.1 Å². The molecule has 0 radical (unpaired) electrons. The van der Waals surface area contributed by atoms with Gasteiger partial charge < -0.3 is 25.0 Å². The number of aromatic nitrogens is 3. The lowest BCUT2D eigenvalue weighted by molar-refractivity contribution is -0.133. The van der Waals surface area contributed by atoms with Crippen LogP contribution < -0.4 is 15.5 Å². The molecule has 0 bridgehead atoms. The molecular weight excluding hydrogens is 404 g/mol. The molecule has 1 aliphatic heterocycles. The van der Waals surface area contributed by atoms with E-state index in [4.69, 9.17) is 10.4 Å². The Labute approximate surface area is 188 Å². The van der Waals surface area contributed by atoms with E-state index < -0.39 is 0 Å². The zero-order valence-electron chi connectivity index (χ0n) is 19.3. The molecule has 2 fully saturated rings. The number of likely N-dealkylation sites (N-methyl/N-ethyl adjacent to an activating group) is 1. The molecule has 0 spiro atoms. The van der Waals surface area contributed by atoms with Crippen molar-refractivity contribution in [3.8, 4) is 0 Å². The number of anilines is 2. The van der Waals surface area contributed by atoms with Gasteiger partial charge in [-0.1, -0.05) is 0 Å². The molecule has 0 aromatic carbocycles. The number of nitrogens with zero attached hydrogens (tertiary/aromatic N) is 5. The van der Waals surface area contributed by atoms with Crippen molar-refractivity contribution in [2.45, 2.75) is 64.1 Å². The second-order valence-electron chi connectivity index (χ2n) is 9.15. The van der Waals surface area contributed by atoms with Gasteiger partial charge in [-0.3, -0.25) is 10.2 Å². The number of rotatable bonds is 7. The Kier molecular flexibility index (Phi) is 5.06. The van der Waals surface area contributed by atoms with E-state index in [9.17, 15) is 4.79 Å². The minimum absolute atomic E-state index is 0.220. The van der Waals surface area contributed by atoms with Crippen molar-refractivity contribution in [2.75, 3.05) is 23.8 Å². The first-order chi connectivity index (χ1) is 15.4. The SMILES string of the molecule is CCN1c2nc(NC(=N)/C=C(/C)NC)c3ncn(C)c3c2CC1C(=O)N(C1CC1)C1CC1. The standard InChI is InChI=1S/C23H32N8O/c1-5-30-17(23(32)31(14-6-7-14)15-8-9-15)11-16-20-19(26-12-29(20)4)21(28-22(16)30)27-18(24)10-13(2)25-3/h10,12,14-15,17,25H,5-9,11H2,1-4H3,(H2,24,27,28)/b13-10-. The Balaban J connectivity index is 1.52. The molecule has 3 aliphatic rings. The average Bonchev–Trinajstić information content (AvgIpc) is 3.70. The van der Waals surface area contributed by atoms with E-state index >= 15 is 0 Å². The molecule has 5 rings (SSSR count). The summed E-state index contributed by atoms with van der Waals surface area (Å²) in [6.45, 7) is 4.69. The highest BCUT2D eigenvalue weighted by molar-refractivity contribution is 6.07. The number of carbonyl (C=O) groups is 1. The van der Waals surface area contributed by atoms with Crippen molar-refractivity contribution in [3.63, 3.8) is 0 Å². The number of hydrogen-bond acceptors (Lipinski definition) is 6. The van der Waals surface area contributed by atoms with Crippen LogP contribution in [0.2, 0.25) is 0 Å². The van der Waals surface area contributed by atoms with Gasteiger partial charge in [0.25, 0.3) is 0 Å². The lowest BCUT2D eigenvalue weighted by Gasteiger charge is -2.31. The van der Waals surface area contributed by atoms with Gasteiger partial charge >= 0.3 is 0 Å². The predicted molar refractivity (Wildman–Crippen MR) is 126 cm³/mol. The number of hydrogen-bond donors (Lipinski definition) is 3. The van der Waals surface area contributed by atoms with Crippen molar-refractivity contribution in [2.24, 2.45) is 7.05 Å². The van der Waals surface area contributed by atoms with Crippen LogP contribution in [0.25, 0.3) is 11.0 Å². The Bertz CT molecular complexity index is 1100. The summed E-state index contributed by atoms with van der Waals surface area (Å²) in [7, 11) is 3.80. The van der Waals surface area contributed by atoms with Gasteiger partial charge in [0.1, 0.15) is 23.2 Å². The smallest absolute Gasteiger partial charge is 0.246 e. The van der Waals surface area contributed by atoms with E-state index in [1.165, 1.54) is 0 Å². The zero-order chi connectivity index (χ0) is 22.6. The fraction of sp³-hybridized carbons (Fsp3) is 0.565. The minimum atomic E-state index is -0.220. The van der Waals surface area contributed by atoms with E-state index in [2.05, 4.69) is 32.3 Å². The van der Waals surface area contributed by atoms with Crippen molar-refractivity contribution in [1.29, 1.82) is 5.41 Å². The minimum Gasteiger partial charge on any atom is -0.392 e. The largest absolute Gasteiger partial charge is 0.392 e. The summed E-state index contributed by atoms with van der Waals surface area (Å²) in [6, 6.07) is 0.645. The monoisotopic (exact) mass is 436 g/mol. The highest BCUT2D eigenvalue weighted by Crippen LogP contribution is 2.42. The predicted octanol–water partition coefficient (Wildman–Crippen LogP) is 2.39. The van der Waals surface area contributed by atoms with Crippen LogP contribution in [-0.4, -0.2) is 62.9 Å². The van der Waals surface area contributed by atoms with Crippen LogP contribution in [0.3, 0.4) is 0 Å². The maximum atomic E-state index is 13.7. The average molecular weight is 437 g/mol. The molecular formula is C23H32N8O. The Morgan fingerprint density at radius 3 is 2.59 bits per heavy atom. The lowest BCUT2D eigenvalue weighted by Crippen LogP contribution is -2.49. The third kappa shape index (κ3) is 3.49. The number of imidazole rings is 1. The first-order valence-electron chi connectivity index (χ1n) is 11.6. The van der Waals surface area contributed by atoms with Crippen LogP contribution in [0.1, 0.15) is 45.1 Å². The van der Waals surface area contributed by atoms with Gasteiger partial charge in [0.15, 0.2) is 5.82 Å². The van der Waals surface area contributed by atoms with Gasteiger partial charge in [-0.2, -0.15) is 0 Å². The first-order valence-corrected chi connectivity index (χ1v) is 11.6. The summed E-state index contributed by atoms with van der Waals surface area (Å²) in [6.07, 6.45) is 8.68. The molecule has 170 valence electrons. The molecule has 2 aromatic heterocycles. The number of amidine groups is 1. The Morgan fingerprint density at radius 1 is 1.31 bits per heavy atom. The van der Waals surface area contributed by atoms with Crippen LogP contribution in [0.4, 0.5) is 11.6 Å². The quantitative estimate of drug-likeness (QED) is 0.455. The summed E-state index contributed by atoms with van der Waals surface area (Å²) < 4.78 is 2.00. The van der Waals surface area contributed by atoms with Crippen molar-refractivity contribution >= 4 is 34.4 Å². The van der Waals surface area contributed by atoms with Crippen LogP contribution >= 0.6 is 0 Å². The second-order valence-corrected chi connectivity index (χ2v) is 9.15. The number of amides is 1. The number of nitrogens with one attached hydrogen (secondary N) is 3. The molecule has 1 unspecified atom stereocenters. The fourth-order valence-electron chi connectivity index (χ4n) is 4.83. The van der Waals surface area contributed by atoms with Crippen molar-refractivity contribution in [3.05, 3.63) is 23.7 Å². The van der Waals surface area contributed by atoms with Crippen LogP contribution in [-0.2, 0) is 18.3 Å². The number of allylic oxidation sites excluding steroid dienone is 1. The molecule has 32 heavy (non-hydrogen) atoms. The molecule has 0 saturated heterocycles. The highest BCUT2D eigenvalue weighted by atomic mass is 16.2. The highest BCUT2D eigenvalue weighted by Gasteiger charge is 2.47. The lowest BCUT2D eigenvalue weighted by atomic mass is 10.1. The van der Waals surface area contributed by atoms with E-state index in [1.807, 2.05) is 25.6 Å². The van der Waals surface area contributed by atoms with Gasteiger partial charge in [0, 0.05) is 50.4 Å². The number of pyridine rings is 1. The maximum Gasteiger partial charge on any atom is 0.246 e. The summed E-state index contributed by atoms with van der Waals surface area (Å²) in [5.41, 5.74) is 3.67. The van der Waals surface area contributed by atoms with Gasteiger partial charge in [-0.25, -0.2) is 9.97 Å². The van der Waals surface area contributed by atoms with Crippen molar-refractivity contribution < 1.29 is 4.79 Å². The Morgan fingerprint density at radius 2 is 2.00 bits per heavy atom. The molecule has 2 aliphatic carbocycles. The third-order valence-electron chi connectivity index (χ3n) is 6.75. The molecule has 9 nitrogen and oxygen atoms in total. The van der Waals surface area contributed by atoms with E-state index in [-0.39, 0.29) is 17.8 Å². The molecule has 2 saturated carbocycles. The molecule has 2 aromatic rings. The summed E-state index contributed by atoms with van der Waals surface area (Å²) >= 11 is 0. The van der Waals surface area contributed by atoms with Gasteiger partial charge in [0.05, 0.1) is 11.8 Å². The first kappa shape index (κ1) is 20.8. The molecule has 9 heteroatoms. The third-order valence-corrected chi connectivity index (χ3v) is 6.75. The maximum absolute atomic E-state index is 13.7. The second kappa shape index (κ2) is 7.79. The topological polar surface area (TPSA) is 102 Å². The summed E-state index contributed by atoms with van der Waals surface area (Å²) in [5, 5.41) is 14.5. The van der Waals surface area contributed by atoms with E-state index in [0.717, 1.165) is 53.8 Å².